The number of nitrogens with zero attached hydrogens (tertiary/aromatic N) is 3. The Kier molecular flexibility index (Phi) is 6.41. The number of rotatable bonds is 6. The lowest BCUT2D eigenvalue weighted by atomic mass is 10.2. The molecule has 6 nitrogen and oxygen atoms in total. The quantitative estimate of drug-likeness (QED) is 0.610. The summed E-state index contributed by atoms with van der Waals surface area (Å²) < 4.78 is 0. The molecule has 27 heavy (non-hydrogen) atoms. The zero-order valence-corrected chi connectivity index (χ0v) is 16.0. The number of hydrogen-bond donors (Lipinski definition) is 2. The van der Waals surface area contributed by atoms with E-state index in [-0.39, 0.29) is 5.91 Å². The highest BCUT2D eigenvalue weighted by Crippen LogP contribution is 2.21. The Hall–Kier alpha value is -2.89. The van der Waals surface area contributed by atoms with Gasteiger partial charge >= 0.3 is 0 Å². The van der Waals surface area contributed by atoms with Crippen molar-refractivity contribution in [1.29, 1.82) is 0 Å². The number of aliphatic imine (C=N–C) groups is 1. The van der Waals surface area contributed by atoms with Gasteiger partial charge in [0.15, 0.2) is 5.96 Å². The Morgan fingerprint density at radius 2 is 2.00 bits per heavy atom. The number of benzene rings is 1. The van der Waals surface area contributed by atoms with E-state index in [1.54, 1.807) is 0 Å². The van der Waals surface area contributed by atoms with E-state index in [4.69, 9.17) is 0 Å². The number of hydrogen-bond acceptors (Lipinski definition) is 3. The molecule has 0 radical (unpaired) electrons. The van der Waals surface area contributed by atoms with Crippen molar-refractivity contribution in [1.82, 2.24) is 15.6 Å². The molecule has 0 spiro atoms. The summed E-state index contributed by atoms with van der Waals surface area (Å²) in [5, 5.41) is 6.58. The van der Waals surface area contributed by atoms with Gasteiger partial charge in [-0.15, -0.1) is 0 Å². The molecule has 6 heteroatoms. The maximum Gasteiger partial charge on any atom is 0.227 e. The van der Waals surface area contributed by atoms with Crippen molar-refractivity contribution in [2.45, 2.75) is 39.8 Å². The summed E-state index contributed by atoms with van der Waals surface area (Å²) in [6.45, 7) is 6.85. The maximum atomic E-state index is 11.8. The lowest BCUT2D eigenvalue weighted by molar-refractivity contribution is -0.117. The zero-order chi connectivity index (χ0) is 19.1. The molecule has 1 aliphatic rings. The van der Waals surface area contributed by atoms with E-state index in [0.29, 0.717) is 19.5 Å². The summed E-state index contributed by atoms with van der Waals surface area (Å²) in [7, 11) is 0. The number of amides is 1. The molecule has 1 fully saturated rings. The summed E-state index contributed by atoms with van der Waals surface area (Å²) in [6.07, 6.45) is 1.60. The van der Waals surface area contributed by atoms with Crippen LogP contribution in [0.25, 0.3) is 0 Å². The van der Waals surface area contributed by atoms with Gasteiger partial charge in [0.2, 0.25) is 5.91 Å². The molecule has 2 aromatic rings. The molecule has 1 aromatic carbocycles. The second-order valence-electron chi connectivity index (χ2n) is 6.63. The second kappa shape index (κ2) is 9.16. The fourth-order valence-electron chi connectivity index (χ4n) is 3.09. The lowest BCUT2D eigenvalue weighted by Crippen LogP contribution is -2.37. The molecule has 0 aliphatic carbocycles. The molecule has 2 heterocycles. The van der Waals surface area contributed by atoms with Crippen LogP contribution in [0, 0.1) is 6.92 Å². The molecule has 0 atom stereocenters. The van der Waals surface area contributed by atoms with Crippen LogP contribution in [0.2, 0.25) is 0 Å². The number of pyridine rings is 1. The standard InChI is InChI=1S/C21H27N5O/c1-3-22-21(24-15-18-7-4-6-16(2)25-18)23-14-17-9-11-19(12-10-17)26-13-5-8-20(26)27/h4,6-7,9-12H,3,5,8,13-15H2,1-2H3,(H2,22,23,24). The summed E-state index contributed by atoms with van der Waals surface area (Å²) in [6, 6.07) is 14.1. The molecular formula is C21H27N5O. The molecule has 2 N–H and O–H groups in total. The molecule has 1 saturated heterocycles. The number of aryl methyl sites for hydroxylation is 1. The van der Waals surface area contributed by atoms with E-state index in [9.17, 15) is 4.79 Å². The average molecular weight is 365 g/mol. The van der Waals surface area contributed by atoms with Crippen molar-refractivity contribution in [3.8, 4) is 0 Å². The number of nitrogens with one attached hydrogen (secondary N) is 2. The van der Waals surface area contributed by atoms with E-state index >= 15 is 0 Å². The number of carbonyl (C=O) groups excluding carboxylic acids is 1. The Morgan fingerprint density at radius 3 is 2.67 bits per heavy atom. The first-order valence-electron chi connectivity index (χ1n) is 9.49. The predicted molar refractivity (Wildman–Crippen MR) is 109 cm³/mol. The highest BCUT2D eigenvalue weighted by Gasteiger charge is 2.21. The van der Waals surface area contributed by atoms with Gasteiger partial charge in [0.05, 0.1) is 18.8 Å². The summed E-state index contributed by atoms with van der Waals surface area (Å²) in [5.74, 6) is 0.976. The SMILES string of the molecule is CCNC(=NCc1ccc(N2CCCC2=O)cc1)NCc1cccc(C)n1. The van der Waals surface area contributed by atoms with Gasteiger partial charge in [-0.3, -0.25) is 9.78 Å². The van der Waals surface area contributed by atoms with Crippen LogP contribution in [0.4, 0.5) is 5.69 Å². The fraction of sp³-hybridized carbons (Fsp3) is 0.381. The van der Waals surface area contributed by atoms with Gasteiger partial charge in [-0.05, 0) is 50.1 Å². The Bertz CT molecular complexity index is 800. The van der Waals surface area contributed by atoms with Gasteiger partial charge in [-0.1, -0.05) is 18.2 Å². The van der Waals surface area contributed by atoms with Crippen LogP contribution in [-0.4, -0.2) is 29.9 Å². The Morgan fingerprint density at radius 1 is 1.19 bits per heavy atom. The fourth-order valence-corrected chi connectivity index (χ4v) is 3.09. The van der Waals surface area contributed by atoms with Gasteiger partial charge in [0.25, 0.3) is 0 Å². The van der Waals surface area contributed by atoms with Gasteiger partial charge in [-0.25, -0.2) is 4.99 Å². The minimum atomic E-state index is 0.212. The van der Waals surface area contributed by atoms with Crippen LogP contribution < -0.4 is 15.5 Å². The molecule has 1 aliphatic heterocycles. The topological polar surface area (TPSA) is 69.6 Å². The minimum Gasteiger partial charge on any atom is -0.357 e. The van der Waals surface area contributed by atoms with Gasteiger partial charge in [0.1, 0.15) is 0 Å². The summed E-state index contributed by atoms with van der Waals surface area (Å²) in [4.78, 5) is 22.8. The van der Waals surface area contributed by atoms with Crippen molar-refractivity contribution in [2.24, 2.45) is 4.99 Å². The monoisotopic (exact) mass is 365 g/mol. The van der Waals surface area contributed by atoms with Crippen LogP contribution in [-0.2, 0) is 17.9 Å². The number of guanidine groups is 1. The normalized spacial score (nSPS) is 14.5. The Balaban J connectivity index is 1.59. The maximum absolute atomic E-state index is 11.8. The summed E-state index contributed by atoms with van der Waals surface area (Å²) >= 11 is 0. The van der Waals surface area contributed by atoms with Crippen molar-refractivity contribution >= 4 is 17.6 Å². The Labute approximate surface area is 160 Å². The van der Waals surface area contributed by atoms with Crippen molar-refractivity contribution < 1.29 is 4.79 Å². The van der Waals surface area contributed by atoms with E-state index in [1.807, 2.05) is 61.2 Å². The smallest absolute Gasteiger partial charge is 0.227 e. The second-order valence-corrected chi connectivity index (χ2v) is 6.63. The third-order valence-corrected chi connectivity index (χ3v) is 4.47. The molecule has 1 aromatic heterocycles. The molecule has 0 unspecified atom stereocenters. The van der Waals surface area contributed by atoms with E-state index in [1.165, 1.54) is 0 Å². The third kappa shape index (κ3) is 5.29. The molecule has 0 bridgehead atoms. The van der Waals surface area contributed by atoms with Crippen molar-refractivity contribution in [3.63, 3.8) is 0 Å². The number of anilines is 1. The first-order chi connectivity index (χ1) is 13.2. The third-order valence-electron chi connectivity index (χ3n) is 4.47. The van der Waals surface area contributed by atoms with Crippen molar-refractivity contribution in [3.05, 3.63) is 59.4 Å². The van der Waals surface area contributed by atoms with E-state index in [2.05, 4.69) is 20.6 Å². The number of carbonyl (C=O) groups is 1. The van der Waals surface area contributed by atoms with Crippen LogP contribution >= 0.6 is 0 Å². The predicted octanol–water partition coefficient (Wildman–Crippen LogP) is 2.77. The molecular weight excluding hydrogens is 338 g/mol. The zero-order valence-electron chi connectivity index (χ0n) is 16.0. The molecule has 142 valence electrons. The van der Waals surface area contributed by atoms with Crippen LogP contribution in [0.1, 0.15) is 36.7 Å². The molecule has 0 saturated carbocycles. The largest absolute Gasteiger partial charge is 0.357 e. The van der Waals surface area contributed by atoms with Crippen molar-refractivity contribution in [2.75, 3.05) is 18.0 Å². The van der Waals surface area contributed by atoms with Crippen LogP contribution in [0.3, 0.4) is 0 Å². The van der Waals surface area contributed by atoms with Gasteiger partial charge in [0, 0.05) is 30.9 Å². The molecule has 3 rings (SSSR count). The molecule has 1 amide bonds. The van der Waals surface area contributed by atoms with Crippen LogP contribution in [0.5, 0.6) is 0 Å². The van der Waals surface area contributed by atoms with Crippen LogP contribution in [0.15, 0.2) is 47.5 Å². The van der Waals surface area contributed by atoms with Gasteiger partial charge < -0.3 is 15.5 Å². The van der Waals surface area contributed by atoms with E-state index in [0.717, 1.165) is 48.1 Å². The van der Waals surface area contributed by atoms with Gasteiger partial charge in [-0.2, -0.15) is 0 Å². The highest BCUT2D eigenvalue weighted by atomic mass is 16.2. The van der Waals surface area contributed by atoms with E-state index < -0.39 is 0 Å². The average Bonchev–Trinajstić information content (AvgIpc) is 3.10. The first kappa shape index (κ1) is 18.9. The minimum absolute atomic E-state index is 0.212. The summed E-state index contributed by atoms with van der Waals surface area (Å²) in [5.41, 5.74) is 4.07. The first-order valence-corrected chi connectivity index (χ1v) is 9.49. The lowest BCUT2D eigenvalue weighted by Gasteiger charge is -2.16. The highest BCUT2D eigenvalue weighted by molar-refractivity contribution is 5.95. The number of aromatic nitrogens is 1.